The van der Waals surface area contributed by atoms with Crippen LogP contribution in [-0.2, 0) is 5.41 Å². The van der Waals surface area contributed by atoms with Gasteiger partial charge in [0, 0.05) is 32.7 Å². The molecule has 150 valence electrons. The highest BCUT2D eigenvalue weighted by molar-refractivity contribution is 5.79. The van der Waals surface area contributed by atoms with Crippen LogP contribution in [0.5, 0.6) is 5.75 Å². The van der Waals surface area contributed by atoms with Gasteiger partial charge in [-0.2, -0.15) is 0 Å². The lowest BCUT2D eigenvalue weighted by Crippen LogP contribution is -2.49. The van der Waals surface area contributed by atoms with Crippen molar-refractivity contribution in [2.45, 2.75) is 45.1 Å². The largest absolute Gasteiger partial charge is 0.492 e. The Morgan fingerprint density at radius 3 is 2.70 bits per heavy atom. The number of aliphatic imine (C=N–C) groups is 1. The minimum absolute atomic E-state index is 0.130. The number of rotatable bonds is 7. The summed E-state index contributed by atoms with van der Waals surface area (Å²) in [5, 5.41) is 6.88. The van der Waals surface area contributed by atoms with E-state index >= 15 is 0 Å². The third kappa shape index (κ3) is 7.25. The molecule has 27 heavy (non-hydrogen) atoms. The first kappa shape index (κ1) is 21.3. The average molecular weight is 373 g/mol. The monoisotopic (exact) mass is 372 g/mol. The predicted octanol–water partition coefficient (Wildman–Crippen LogP) is 3.18. The molecule has 0 unspecified atom stereocenters. The van der Waals surface area contributed by atoms with E-state index in [4.69, 9.17) is 4.74 Å². The summed E-state index contributed by atoms with van der Waals surface area (Å²) in [6, 6.07) is 8.82. The number of hydrogen-bond donors (Lipinski definition) is 2. The Kier molecular flexibility index (Phi) is 8.17. The summed E-state index contributed by atoms with van der Waals surface area (Å²) < 4.78 is 5.91. The van der Waals surface area contributed by atoms with Crippen molar-refractivity contribution in [1.29, 1.82) is 0 Å². The van der Waals surface area contributed by atoms with Crippen LogP contribution in [0.1, 0.15) is 39.2 Å². The molecule has 1 aromatic carbocycles. The molecule has 0 atom stereocenters. The first-order valence-corrected chi connectivity index (χ1v) is 9.96. The quantitative estimate of drug-likeness (QED) is 0.334. The zero-order valence-corrected chi connectivity index (χ0v) is 17.4. The zero-order chi connectivity index (χ0) is 19.7. The third-order valence-corrected chi connectivity index (χ3v) is 4.90. The molecular weight excluding hydrogens is 336 g/mol. The van der Waals surface area contributed by atoms with Crippen LogP contribution in [0.25, 0.3) is 0 Å². The molecule has 0 saturated carbocycles. The molecule has 5 heteroatoms. The standard InChI is InChI=1S/C22H36N4O/c1-6-13-26-14-10-19(11-15-26)25-21(23-5)24-12-16-27-20-9-7-8-18(17-20)22(2,3)4/h6-9,17,19H,1,10-16H2,2-5H3,(H2,23,24,25). The molecule has 1 aliphatic heterocycles. The van der Waals surface area contributed by atoms with Crippen LogP contribution in [0.2, 0.25) is 0 Å². The fourth-order valence-electron chi connectivity index (χ4n) is 3.22. The van der Waals surface area contributed by atoms with Gasteiger partial charge in [-0.3, -0.25) is 9.89 Å². The van der Waals surface area contributed by atoms with Crippen LogP contribution in [0, 0.1) is 0 Å². The number of ether oxygens (including phenoxy) is 1. The van der Waals surface area contributed by atoms with Crippen LogP contribution in [-0.4, -0.2) is 56.7 Å². The normalized spacial score (nSPS) is 16.8. The lowest BCUT2D eigenvalue weighted by molar-refractivity contribution is 0.225. The van der Waals surface area contributed by atoms with E-state index in [1.54, 1.807) is 0 Å². The van der Waals surface area contributed by atoms with Gasteiger partial charge in [-0.25, -0.2) is 0 Å². The smallest absolute Gasteiger partial charge is 0.191 e. The zero-order valence-electron chi connectivity index (χ0n) is 17.4. The number of likely N-dealkylation sites (tertiary alicyclic amines) is 1. The molecule has 1 aliphatic rings. The maximum atomic E-state index is 5.91. The SMILES string of the molecule is C=CCN1CCC(NC(=NC)NCCOc2cccc(C(C)(C)C)c2)CC1. The Morgan fingerprint density at radius 1 is 1.33 bits per heavy atom. The van der Waals surface area contributed by atoms with E-state index in [-0.39, 0.29) is 5.41 Å². The van der Waals surface area contributed by atoms with Crippen molar-refractivity contribution in [3.8, 4) is 5.75 Å². The maximum Gasteiger partial charge on any atom is 0.191 e. The molecule has 1 saturated heterocycles. The number of nitrogens with one attached hydrogen (secondary N) is 2. The highest BCUT2D eigenvalue weighted by atomic mass is 16.5. The van der Waals surface area contributed by atoms with Crippen LogP contribution < -0.4 is 15.4 Å². The van der Waals surface area contributed by atoms with Crippen LogP contribution in [0.4, 0.5) is 0 Å². The summed E-state index contributed by atoms with van der Waals surface area (Å²) in [6.45, 7) is 15.0. The van der Waals surface area contributed by atoms with Gasteiger partial charge < -0.3 is 15.4 Å². The molecule has 0 aliphatic carbocycles. The lowest BCUT2D eigenvalue weighted by atomic mass is 9.87. The molecule has 1 heterocycles. The molecule has 2 rings (SSSR count). The number of guanidine groups is 1. The third-order valence-electron chi connectivity index (χ3n) is 4.90. The lowest BCUT2D eigenvalue weighted by Gasteiger charge is -2.32. The Bertz CT molecular complexity index is 613. The van der Waals surface area contributed by atoms with Crippen molar-refractivity contribution in [3.63, 3.8) is 0 Å². The first-order chi connectivity index (χ1) is 12.9. The van der Waals surface area contributed by atoms with Gasteiger partial charge in [-0.1, -0.05) is 39.0 Å². The van der Waals surface area contributed by atoms with Gasteiger partial charge in [0.15, 0.2) is 5.96 Å². The van der Waals surface area contributed by atoms with Crippen molar-refractivity contribution in [2.24, 2.45) is 4.99 Å². The molecule has 5 nitrogen and oxygen atoms in total. The second-order valence-electron chi connectivity index (χ2n) is 8.13. The van der Waals surface area contributed by atoms with Gasteiger partial charge in [-0.05, 0) is 36.0 Å². The Morgan fingerprint density at radius 2 is 2.07 bits per heavy atom. The Balaban J connectivity index is 1.70. The van der Waals surface area contributed by atoms with Crippen molar-refractivity contribution in [3.05, 3.63) is 42.5 Å². The Hall–Kier alpha value is -2.01. The van der Waals surface area contributed by atoms with E-state index in [0.29, 0.717) is 19.2 Å². The molecule has 1 aromatic rings. The van der Waals surface area contributed by atoms with E-state index < -0.39 is 0 Å². The van der Waals surface area contributed by atoms with Crippen LogP contribution in [0.15, 0.2) is 41.9 Å². The molecule has 0 spiro atoms. The summed E-state index contributed by atoms with van der Waals surface area (Å²) >= 11 is 0. The van der Waals surface area contributed by atoms with Gasteiger partial charge in [0.05, 0.1) is 6.54 Å². The molecule has 1 fully saturated rings. The molecule has 0 aromatic heterocycles. The highest BCUT2D eigenvalue weighted by Crippen LogP contribution is 2.25. The van der Waals surface area contributed by atoms with Crippen molar-refractivity contribution < 1.29 is 4.74 Å². The summed E-state index contributed by atoms with van der Waals surface area (Å²) in [5.41, 5.74) is 1.42. The molecule has 0 bridgehead atoms. The van der Waals surface area contributed by atoms with E-state index in [2.05, 4.69) is 66.1 Å². The van der Waals surface area contributed by atoms with E-state index in [9.17, 15) is 0 Å². The molecular formula is C22H36N4O. The summed E-state index contributed by atoms with van der Waals surface area (Å²) in [7, 11) is 1.82. The van der Waals surface area contributed by atoms with Gasteiger partial charge in [-0.15, -0.1) is 6.58 Å². The van der Waals surface area contributed by atoms with Gasteiger partial charge in [0.25, 0.3) is 0 Å². The fourth-order valence-corrected chi connectivity index (χ4v) is 3.22. The van der Waals surface area contributed by atoms with Crippen LogP contribution >= 0.6 is 0 Å². The van der Waals surface area contributed by atoms with E-state index in [1.807, 2.05) is 19.2 Å². The second kappa shape index (κ2) is 10.4. The van der Waals surface area contributed by atoms with Crippen molar-refractivity contribution in [1.82, 2.24) is 15.5 Å². The summed E-state index contributed by atoms with van der Waals surface area (Å²) in [5.74, 6) is 1.77. The summed E-state index contributed by atoms with van der Waals surface area (Å²) in [4.78, 5) is 6.77. The average Bonchev–Trinajstić information content (AvgIpc) is 2.65. The topological polar surface area (TPSA) is 48.9 Å². The van der Waals surface area contributed by atoms with Crippen LogP contribution in [0.3, 0.4) is 0 Å². The van der Waals surface area contributed by atoms with Gasteiger partial charge >= 0.3 is 0 Å². The number of hydrogen-bond acceptors (Lipinski definition) is 3. The fraction of sp³-hybridized carbons (Fsp3) is 0.591. The van der Waals surface area contributed by atoms with Gasteiger partial charge in [0.1, 0.15) is 12.4 Å². The van der Waals surface area contributed by atoms with Crippen molar-refractivity contribution in [2.75, 3.05) is 39.8 Å². The second-order valence-corrected chi connectivity index (χ2v) is 8.13. The van der Waals surface area contributed by atoms with E-state index in [0.717, 1.165) is 44.2 Å². The molecule has 0 amide bonds. The first-order valence-electron chi connectivity index (χ1n) is 9.96. The highest BCUT2D eigenvalue weighted by Gasteiger charge is 2.19. The number of nitrogens with zero attached hydrogens (tertiary/aromatic N) is 2. The van der Waals surface area contributed by atoms with E-state index in [1.165, 1.54) is 5.56 Å². The number of piperidine rings is 1. The summed E-state index contributed by atoms with van der Waals surface area (Å²) in [6.07, 6.45) is 4.24. The van der Waals surface area contributed by atoms with Gasteiger partial charge in [0.2, 0.25) is 0 Å². The predicted molar refractivity (Wildman–Crippen MR) is 115 cm³/mol. The maximum absolute atomic E-state index is 5.91. The number of benzene rings is 1. The minimum atomic E-state index is 0.130. The molecule has 2 N–H and O–H groups in total. The Labute approximate surface area is 164 Å². The van der Waals surface area contributed by atoms with Crippen molar-refractivity contribution >= 4 is 5.96 Å². The minimum Gasteiger partial charge on any atom is -0.492 e. The molecule has 0 radical (unpaired) electrons.